The van der Waals surface area contributed by atoms with Crippen LogP contribution in [0.4, 0.5) is 0 Å². The molecule has 0 rings (SSSR count). The second-order valence-electron chi connectivity index (χ2n) is 1.35. The summed E-state index contributed by atoms with van der Waals surface area (Å²) in [4.78, 5) is 0. The third-order valence-electron chi connectivity index (χ3n) is 0.707. The van der Waals surface area contributed by atoms with Crippen LogP contribution >= 0.6 is 0 Å². The van der Waals surface area contributed by atoms with Crippen LogP contribution in [0.1, 0.15) is 19.8 Å². The maximum atomic E-state index is 2.21. The Hall–Kier alpha value is 1.70. The van der Waals surface area contributed by atoms with E-state index in [0.29, 0.717) is 0 Å². The first-order valence-electron chi connectivity index (χ1n) is 2.41. The van der Waals surface area contributed by atoms with E-state index < -0.39 is 0 Å². The summed E-state index contributed by atoms with van der Waals surface area (Å²) in [6, 6.07) is 0. The van der Waals surface area contributed by atoms with Crippen molar-refractivity contribution in [1.29, 1.82) is 0 Å². The van der Waals surface area contributed by atoms with Crippen LogP contribution in [0.3, 0.4) is 0 Å². The first-order valence-corrected chi connectivity index (χ1v) is 2.41. The van der Waals surface area contributed by atoms with Crippen LogP contribution in [-0.2, 0) is 0 Å². The summed E-state index contributed by atoms with van der Waals surface area (Å²) in [5, 5.41) is 0. The van der Waals surface area contributed by atoms with Gasteiger partial charge in [-0.3, -0.25) is 0 Å². The first kappa shape index (κ1) is 10.6. The minimum atomic E-state index is 0. The molecule has 0 spiro atoms. The number of hydrogen-bond donors (Lipinski definition) is 0. The van der Waals surface area contributed by atoms with Crippen molar-refractivity contribution in [3.05, 3.63) is 0 Å². The molecule has 0 aliphatic carbocycles. The van der Waals surface area contributed by atoms with Gasteiger partial charge in [-0.15, -0.1) is 0 Å². The number of rotatable bonds is 2. The summed E-state index contributed by atoms with van der Waals surface area (Å²) in [7, 11) is 2.21. The molecule has 0 aliphatic heterocycles. The summed E-state index contributed by atoms with van der Waals surface area (Å²) in [5.74, 6) is 0. The molecule has 0 N–H and O–H groups in total. The Labute approximate surface area is 83.9 Å². The normalized spacial score (nSPS) is 6.83. The van der Waals surface area contributed by atoms with Gasteiger partial charge in [0.1, 0.15) is 7.85 Å². The van der Waals surface area contributed by atoms with Gasteiger partial charge in [0, 0.05) is 0 Å². The second-order valence-corrected chi connectivity index (χ2v) is 1.35. The molecule has 0 nitrogen and oxygen atoms in total. The van der Waals surface area contributed by atoms with E-state index in [1.807, 2.05) is 0 Å². The molecule has 0 atom stereocenters. The average molecular weight is 110 g/mol. The van der Waals surface area contributed by atoms with Crippen molar-refractivity contribution < 1.29 is 0 Å². The van der Waals surface area contributed by atoms with Gasteiger partial charge in [-0.1, -0.05) is 26.1 Å². The Balaban J connectivity index is 0. The van der Waals surface area contributed by atoms with Crippen LogP contribution in [0.25, 0.3) is 0 Å². The molecule has 0 heterocycles. The molecule has 0 aromatic carbocycles. The molecule has 0 aliphatic rings. The molecule has 0 fully saturated rings. The molecule has 0 amide bonds. The van der Waals surface area contributed by atoms with E-state index in [-0.39, 0.29) is 51.4 Å². The molecule has 0 radical (unpaired) electrons. The van der Waals surface area contributed by atoms with Gasteiger partial charge in [0.15, 0.2) is 0 Å². The third-order valence-corrected chi connectivity index (χ3v) is 0.707. The van der Waals surface area contributed by atoms with E-state index >= 15 is 0 Å². The second kappa shape index (κ2) is 9.86. The van der Waals surface area contributed by atoms with Crippen molar-refractivity contribution in [2.24, 2.45) is 0 Å². The van der Waals surface area contributed by atoms with Crippen LogP contribution in [-0.4, -0.2) is 59.2 Å². The van der Waals surface area contributed by atoms with Gasteiger partial charge in [0.2, 0.25) is 0 Å². The predicted molar refractivity (Wildman–Crippen MR) is 35.4 cm³/mol. The Bertz CT molecular complexity index is 15.0. The van der Waals surface area contributed by atoms with Gasteiger partial charge >= 0.3 is 51.4 Å². The maximum absolute atomic E-state index is 2.21. The molecule has 2 heteroatoms. The van der Waals surface area contributed by atoms with Gasteiger partial charge in [-0.05, 0) is 0 Å². The topological polar surface area (TPSA) is 0 Å². The Morgan fingerprint density at radius 1 is 1.50 bits per heavy atom. The van der Waals surface area contributed by atoms with E-state index in [2.05, 4.69) is 14.8 Å². The van der Waals surface area contributed by atoms with Crippen molar-refractivity contribution in [3.63, 3.8) is 0 Å². The zero-order valence-corrected chi connectivity index (χ0v) is 4.12. The van der Waals surface area contributed by atoms with Crippen LogP contribution in [0, 0.1) is 0 Å². The van der Waals surface area contributed by atoms with Crippen molar-refractivity contribution in [2.45, 2.75) is 26.1 Å². The van der Waals surface area contributed by atoms with Gasteiger partial charge in [0.05, 0.1) is 0 Å². The fraction of sp³-hybridized carbons (Fsp3) is 1.00. The molecular weight excluding hydrogens is 98.0 g/mol. The van der Waals surface area contributed by atoms with Crippen molar-refractivity contribution in [3.8, 4) is 0 Å². The number of hydrogen-bond acceptors (Lipinski definition) is 0. The van der Waals surface area contributed by atoms with Gasteiger partial charge in [-0.25, -0.2) is 0 Å². The molecule has 0 aromatic rings. The van der Waals surface area contributed by atoms with E-state index in [1.165, 1.54) is 19.2 Å². The van der Waals surface area contributed by atoms with Gasteiger partial charge < -0.3 is 0 Å². The van der Waals surface area contributed by atoms with Gasteiger partial charge in [-0.2, -0.15) is 0 Å². The quantitative estimate of drug-likeness (QED) is 0.445. The zero-order chi connectivity index (χ0) is 4.12. The van der Waals surface area contributed by atoms with E-state index in [1.54, 1.807) is 0 Å². The van der Waals surface area contributed by atoms with E-state index in [4.69, 9.17) is 0 Å². The summed E-state index contributed by atoms with van der Waals surface area (Å²) in [5.41, 5.74) is 0. The molecule has 0 bridgehead atoms. The number of unbranched alkanes of at least 4 members (excludes halogenated alkanes) is 1. The zero-order valence-electron chi connectivity index (χ0n) is 4.12. The van der Waals surface area contributed by atoms with Crippen LogP contribution in [0.5, 0.6) is 0 Å². The summed E-state index contributed by atoms with van der Waals surface area (Å²) < 4.78 is 0. The monoisotopic (exact) mass is 110 g/mol. The third kappa shape index (κ3) is 9.20. The summed E-state index contributed by atoms with van der Waals surface area (Å²) >= 11 is 0. The van der Waals surface area contributed by atoms with E-state index in [9.17, 15) is 0 Å². The Morgan fingerprint density at radius 3 is 2.00 bits per heavy atom. The molecule has 6 heavy (non-hydrogen) atoms. The SMILES string of the molecule is BCCCC.[KH]. The Kier molecular flexibility index (Phi) is 17.5. The minimum absolute atomic E-state index is 0. The Morgan fingerprint density at radius 2 is 2.00 bits per heavy atom. The molecule has 0 saturated carbocycles. The van der Waals surface area contributed by atoms with Crippen LogP contribution in [0.15, 0.2) is 0 Å². The molecule has 32 valence electrons. The molecule has 0 aromatic heterocycles. The first-order chi connectivity index (χ1) is 2.41. The fourth-order valence-corrected chi connectivity index (χ4v) is 0.354. The predicted octanol–water partition coefficient (Wildman–Crippen LogP) is 0.189. The summed E-state index contributed by atoms with van der Waals surface area (Å²) in [6.07, 6.45) is 4.08. The molecule has 0 unspecified atom stereocenters. The summed E-state index contributed by atoms with van der Waals surface area (Å²) in [6.45, 7) is 2.21. The van der Waals surface area contributed by atoms with Crippen molar-refractivity contribution in [1.82, 2.24) is 0 Å². The van der Waals surface area contributed by atoms with E-state index in [0.717, 1.165) is 0 Å². The standard InChI is InChI=1S/C4H11B.K.H/c1-2-3-4-5;;/h2-5H2,1H3;;. The van der Waals surface area contributed by atoms with Gasteiger partial charge in [0.25, 0.3) is 0 Å². The van der Waals surface area contributed by atoms with Crippen LogP contribution < -0.4 is 0 Å². The molecule has 0 saturated heterocycles. The fourth-order valence-electron chi connectivity index (χ4n) is 0.354. The van der Waals surface area contributed by atoms with Crippen molar-refractivity contribution >= 4 is 59.2 Å². The van der Waals surface area contributed by atoms with Crippen LogP contribution in [0.2, 0.25) is 6.32 Å². The van der Waals surface area contributed by atoms with Crippen molar-refractivity contribution in [2.75, 3.05) is 0 Å². The average Bonchev–Trinajstić information content (AvgIpc) is 1.41. The molecular formula is C4H12BK.